The van der Waals surface area contributed by atoms with Crippen molar-refractivity contribution >= 4 is 48.6 Å². The molecule has 4 aromatic carbocycles. The predicted molar refractivity (Wildman–Crippen MR) is 119 cm³/mol. The standard InChI is InChI=1S/C24H18N2S/c25-18-12-8-16(9-13-18)17-10-14-19(15-11-17)26-21-5-3-7-23-24(21)20-4-1-2-6-22(20)27-23/h1-15,26H,25H2. The first-order valence-corrected chi connectivity index (χ1v) is 9.73. The molecule has 1 aromatic heterocycles. The number of anilines is 3. The van der Waals surface area contributed by atoms with Gasteiger partial charge < -0.3 is 11.1 Å². The number of nitrogens with one attached hydrogen (secondary N) is 1. The number of thiophene rings is 1. The number of hydrogen-bond acceptors (Lipinski definition) is 3. The summed E-state index contributed by atoms with van der Waals surface area (Å²) in [6.45, 7) is 0. The number of rotatable bonds is 3. The molecule has 0 radical (unpaired) electrons. The zero-order valence-electron chi connectivity index (χ0n) is 14.6. The van der Waals surface area contributed by atoms with E-state index in [2.05, 4.69) is 84.2 Å². The zero-order valence-corrected chi connectivity index (χ0v) is 15.5. The van der Waals surface area contributed by atoms with Crippen LogP contribution in [0.1, 0.15) is 0 Å². The smallest absolute Gasteiger partial charge is 0.0478 e. The van der Waals surface area contributed by atoms with Crippen molar-refractivity contribution in [1.29, 1.82) is 0 Å². The molecule has 3 N–H and O–H groups in total. The number of benzene rings is 4. The number of nitrogen functional groups attached to an aromatic ring is 1. The van der Waals surface area contributed by atoms with Crippen LogP contribution in [0.25, 0.3) is 31.3 Å². The van der Waals surface area contributed by atoms with E-state index >= 15 is 0 Å². The number of fused-ring (bicyclic) bond motifs is 3. The lowest BCUT2D eigenvalue weighted by molar-refractivity contribution is 1.56. The van der Waals surface area contributed by atoms with E-state index in [9.17, 15) is 0 Å². The minimum absolute atomic E-state index is 0.785. The molecule has 27 heavy (non-hydrogen) atoms. The minimum Gasteiger partial charge on any atom is -0.399 e. The Balaban J connectivity index is 1.51. The van der Waals surface area contributed by atoms with Gasteiger partial charge in [0.2, 0.25) is 0 Å². The highest BCUT2D eigenvalue weighted by Crippen LogP contribution is 2.39. The Morgan fingerprint density at radius 2 is 1.30 bits per heavy atom. The predicted octanol–water partition coefficient (Wildman–Crippen LogP) is 7.05. The summed E-state index contributed by atoms with van der Waals surface area (Å²) in [6.07, 6.45) is 0. The molecule has 0 saturated heterocycles. The summed E-state index contributed by atoms with van der Waals surface area (Å²) >= 11 is 1.84. The van der Waals surface area contributed by atoms with Crippen LogP contribution in [0.15, 0.2) is 91.0 Å². The van der Waals surface area contributed by atoms with Crippen LogP contribution in [0.5, 0.6) is 0 Å². The van der Waals surface area contributed by atoms with Gasteiger partial charge in [-0.05, 0) is 53.6 Å². The van der Waals surface area contributed by atoms with Crippen LogP contribution in [0.2, 0.25) is 0 Å². The molecule has 0 spiro atoms. The molecule has 0 aliphatic carbocycles. The molecule has 3 heteroatoms. The van der Waals surface area contributed by atoms with Gasteiger partial charge in [0.05, 0.1) is 0 Å². The monoisotopic (exact) mass is 366 g/mol. The fraction of sp³-hybridized carbons (Fsp3) is 0. The van der Waals surface area contributed by atoms with E-state index in [0.29, 0.717) is 0 Å². The van der Waals surface area contributed by atoms with E-state index in [0.717, 1.165) is 17.1 Å². The van der Waals surface area contributed by atoms with Gasteiger partial charge >= 0.3 is 0 Å². The van der Waals surface area contributed by atoms with Crippen LogP contribution in [0.3, 0.4) is 0 Å². The van der Waals surface area contributed by atoms with Crippen LogP contribution < -0.4 is 11.1 Å². The first-order chi connectivity index (χ1) is 13.3. The first kappa shape index (κ1) is 15.9. The lowest BCUT2D eigenvalue weighted by Gasteiger charge is -2.10. The van der Waals surface area contributed by atoms with Crippen LogP contribution in [-0.2, 0) is 0 Å². The summed E-state index contributed by atoms with van der Waals surface area (Å²) in [5.41, 5.74) is 11.1. The third kappa shape index (κ3) is 2.92. The summed E-state index contributed by atoms with van der Waals surface area (Å²) < 4.78 is 2.63. The molecule has 2 nitrogen and oxygen atoms in total. The van der Waals surface area contributed by atoms with Crippen molar-refractivity contribution in [2.45, 2.75) is 0 Å². The molecule has 0 aliphatic heterocycles. The second-order valence-electron chi connectivity index (χ2n) is 6.60. The Morgan fingerprint density at radius 3 is 2.07 bits per heavy atom. The van der Waals surface area contributed by atoms with Gasteiger partial charge in [0.15, 0.2) is 0 Å². The Labute approximate surface area is 161 Å². The second kappa shape index (κ2) is 6.45. The average molecular weight is 366 g/mol. The summed E-state index contributed by atoms with van der Waals surface area (Å²) in [7, 11) is 0. The highest BCUT2D eigenvalue weighted by Gasteiger charge is 2.09. The molecule has 0 aliphatic rings. The van der Waals surface area contributed by atoms with Gasteiger partial charge in [-0.2, -0.15) is 0 Å². The SMILES string of the molecule is Nc1ccc(-c2ccc(Nc3cccc4sc5ccccc5c34)cc2)cc1. The van der Waals surface area contributed by atoms with Gasteiger partial charge in [-0.25, -0.2) is 0 Å². The lowest BCUT2D eigenvalue weighted by atomic mass is 10.0. The van der Waals surface area contributed by atoms with E-state index in [1.165, 1.54) is 31.3 Å². The quantitative estimate of drug-likeness (QED) is 0.336. The third-order valence-corrected chi connectivity index (χ3v) is 5.95. The highest BCUT2D eigenvalue weighted by atomic mass is 32.1. The second-order valence-corrected chi connectivity index (χ2v) is 7.69. The van der Waals surface area contributed by atoms with E-state index in [-0.39, 0.29) is 0 Å². The Bertz CT molecular complexity index is 1240. The lowest BCUT2D eigenvalue weighted by Crippen LogP contribution is -1.91. The van der Waals surface area contributed by atoms with Gasteiger partial charge in [0.25, 0.3) is 0 Å². The average Bonchev–Trinajstić information content (AvgIpc) is 3.09. The van der Waals surface area contributed by atoms with Crippen LogP contribution in [0, 0.1) is 0 Å². The van der Waals surface area contributed by atoms with Crippen molar-refractivity contribution in [3.8, 4) is 11.1 Å². The first-order valence-electron chi connectivity index (χ1n) is 8.91. The zero-order chi connectivity index (χ0) is 18.2. The van der Waals surface area contributed by atoms with Crippen molar-refractivity contribution in [2.24, 2.45) is 0 Å². The van der Waals surface area contributed by atoms with Crippen molar-refractivity contribution in [3.05, 3.63) is 91.0 Å². The number of nitrogens with two attached hydrogens (primary N) is 1. The molecule has 0 bridgehead atoms. The topological polar surface area (TPSA) is 38.0 Å². The highest BCUT2D eigenvalue weighted by molar-refractivity contribution is 7.25. The van der Waals surface area contributed by atoms with Gasteiger partial charge in [-0.3, -0.25) is 0 Å². The summed E-state index contributed by atoms with van der Waals surface area (Å²) in [4.78, 5) is 0. The summed E-state index contributed by atoms with van der Waals surface area (Å²) in [5, 5.41) is 6.20. The fourth-order valence-electron chi connectivity index (χ4n) is 3.46. The summed E-state index contributed by atoms with van der Waals surface area (Å²) in [5.74, 6) is 0. The fourth-order valence-corrected chi connectivity index (χ4v) is 4.59. The van der Waals surface area contributed by atoms with E-state index in [1.54, 1.807) is 0 Å². The maximum atomic E-state index is 5.78. The molecular weight excluding hydrogens is 348 g/mol. The van der Waals surface area contributed by atoms with E-state index in [4.69, 9.17) is 5.73 Å². The molecule has 0 unspecified atom stereocenters. The Kier molecular flexibility index (Phi) is 3.80. The molecule has 0 atom stereocenters. The van der Waals surface area contributed by atoms with E-state index < -0.39 is 0 Å². The molecule has 5 aromatic rings. The maximum Gasteiger partial charge on any atom is 0.0478 e. The minimum atomic E-state index is 0.785. The van der Waals surface area contributed by atoms with Crippen LogP contribution in [0.4, 0.5) is 17.1 Å². The van der Waals surface area contributed by atoms with Crippen molar-refractivity contribution in [1.82, 2.24) is 0 Å². The maximum absolute atomic E-state index is 5.78. The molecule has 0 fully saturated rings. The number of hydrogen-bond donors (Lipinski definition) is 2. The molecular formula is C24H18N2S. The van der Waals surface area contributed by atoms with E-state index in [1.807, 2.05) is 23.5 Å². The van der Waals surface area contributed by atoms with Crippen LogP contribution >= 0.6 is 11.3 Å². The van der Waals surface area contributed by atoms with Crippen molar-refractivity contribution in [3.63, 3.8) is 0 Å². The molecule has 1 heterocycles. The van der Waals surface area contributed by atoms with Gasteiger partial charge in [-0.15, -0.1) is 11.3 Å². The van der Waals surface area contributed by atoms with Gasteiger partial charge in [0.1, 0.15) is 0 Å². The summed E-state index contributed by atoms with van der Waals surface area (Å²) in [6, 6.07) is 31.5. The molecule has 0 amide bonds. The molecule has 5 rings (SSSR count). The molecule has 0 saturated carbocycles. The Hall–Kier alpha value is -3.30. The van der Waals surface area contributed by atoms with Gasteiger partial charge in [0, 0.05) is 37.2 Å². The largest absolute Gasteiger partial charge is 0.399 e. The van der Waals surface area contributed by atoms with Gasteiger partial charge in [-0.1, -0.05) is 48.5 Å². The van der Waals surface area contributed by atoms with Crippen molar-refractivity contribution < 1.29 is 0 Å². The van der Waals surface area contributed by atoms with Crippen molar-refractivity contribution in [2.75, 3.05) is 11.1 Å². The van der Waals surface area contributed by atoms with Crippen LogP contribution in [-0.4, -0.2) is 0 Å². The Morgan fingerprint density at radius 1 is 0.630 bits per heavy atom. The third-order valence-electron chi connectivity index (χ3n) is 4.81. The molecule has 130 valence electrons. The normalized spacial score (nSPS) is 11.1.